The summed E-state index contributed by atoms with van der Waals surface area (Å²) in [6, 6.07) is 1.52. The SMILES string of the molecule is CCCC[N+]1(C)C2CCC1CC(O)C2.[I-]. The van der Waals surface area contributed by atoms with E-state index >= 15 is 0 Å². The Hall–Kier alpha value is 0.650. The number of hydrogen-bond donors (Lipinski definition) is 1. The van der Waals surface area contributed by atoms with Gasteiger partial charge in [-0.15, -0.1) is 0 Å². The fourth-order valence-corrected chi connectivity index (χ4v) is 3.58. The highest BCUT2D eigenvalue weighted by Gasteiger charge is 2.50. The summed E-state index contributed by atoms with van der Waals surface area (Å²) in [5.74, 6) is 0. The number of quaternary nitrogens is 1. The van der Waals surface area contributed by atoms with E-state index in [-0.39, 0.29) is 30.1 Å². The second-order valence-electron chi connectivity index (χ2n) is 5.43. The second kappa shape index (κ2) is 5.32. The molecule has 0 amide bonds. The summed E-state index contributed by atoms with van der Waals surface area (Å²) in [5, 5.41) is 9.74. The zero-order valence-corrected chi connectivity index (χ0v) is 12.1. The van der Waals surface area contributed by atoms with Gasteiger partial charge in [-0.1, -0.05) is 13.3 Å². The minimum Gasteiger partial charge on any atom is -1.00 e. The number of halogens is 1. The Morgan fingerprint density at radius 3 is 2.20 bits per heavy atom. The molecule has 0 spiro atoms. The predicted octanol–water partition coefficient (Wildman–Crippen LogP) is -1.08. The molecule has 90 valence electrons. The summed E-state index contributed by atoms with van der Waals surface area (Å²) in [4.78, 5) is 0. The molecular formula is C12H24INO. The Labute approximate surface area is 111 Å². The third-order valence-corrected chi connectivity index (χ3v) is 4.58. The van der Waals surface area contributed by atoms with Crippen LogP contribution in [-0.2, 0) is 0 Å². The average Bonchev–Trinajstić information content (AvgIpc) is 2.39. The van der Waals surface area contributed by atoms with E-state index in [1.165, 1.54) is 36.7 Å². The van der Waals surface area contributed by atoms with Crippen molar-refractivity contribution in [2.45, 2.75) is 63.6 Å². The van der Waals surface area contributed by atoms with E-state index in [4.69, 9.17) is 0 Å². The number of fused-ring (bicyclic) bond motifs is 2. The maximum absolute atomic E-state index is 9.74. The summed E-state index contributed by atoms with van der Waals surface area (Å²) < 4.78 is 1.27. The Kier molecular flexibility index (Phi) is 4.86. The lowest BCUT2D eigenvalue weighted by Crippen LogP contribution is -3.00. The molecule has 0 aromatic carbocycles. The van der Waals surface area contributed by atoms with Gasteiger partial charge in [-0.05, 0) is 6.42 Å². The monoisotopic (exact) mass is 325 g/mol. The van der Waals surface area contributed by atoms with Crippen LogP contribution in [0.5, 0.6) is 0 Å². The Morgan fingerprint density at radius 1 is 1.20 bits per heavy atom. The third-order valence-electron chi connectivity index (χ3n) is 4.58. The van der Waals surface area contributed by atoms with Crippen molar-refractivity contribution in [2.75, 3.05) is 13.6 Å². The molecule has 2 unspecified atom stereocenters. The van der Waals surface area contributed by atoms with Gasteiger partial charge < -0.3 is 33.6 Å². The van der Waals surface area contributed by atoms with E-state index in [0.29, 0.717) is 0 Å². The number of unbranched alkanes of at least 4 members (excludes halogenated alkanes) is 1. The van der Waals surface area contributed by atoms with E-state index < -0.39 is 0 Å². The van der Waals surface area contributed by atoms with Crippen LogP contribution in [0.1, 0.15) is 45.4 Å². The van der Waals surface area contributed by atoms with Crippen LogP contribution in [0.25, 0.3) is 0 Å². The summed E-state index contributed by atoms with van der Waals surface area (Å²) in [6.07, 6.45) is 7.45. The van der Waals surface area contributed by atoms with Crippen molar-refractivity contribution in [2.24, 2.45) is 0 Å². The van der Waals surface area contributed by atoms with Crippen LogP contribution in [0.4, 0.5) is 0 Å². The Bertz CT molecular complexity index is 196. The average molecular weight is 325 g/mol. The first-order valence-electron chi connectivity index (χ1n) is 6.19. The van der Waals surface area contributed by atoms with Gasteiger partial charge in [0.15, 0.2) is 0 Å². The highest BCUT2D eigenvalue weighted by molar-refractivity contribution is 4.85. The zero-order valence-electron chi connectivity index (χ0n) is 9.95. The lowest BCUT2D eigenvalue weighted by Gasteiger charge is -2.46. The van der Waals surface area contributed by atoms with Crippen molar-refractivity contribution in [3.05, 3.63) is 0 Å². The molecule has 2 nitrogen and oxygen atoms in total. The standard InChI is InChI=1S/C12H24NO.HI/c1-3-4-7-13(2)10-5-6-11(13)9-12(14)8-10;/h10-12,14H,3-9H2,1-2H3;1H/q+1;/p-1. The highest BCUT2D eigenvalue weighted by Crippen LogP contribution is 2.41. The van der Waals surface area contributed by atoms with E-state index in [9.17, 15) is 5.11 Å². The molecule has 1 N–H and O–H groups in total. The van der Waals surface area contributed by atoms with Crippen LogP contribution in [0.3, 0.4) is 0 Å². The van der Waals surface area contributed by atoms with Gasteiger partial charge in [0.2, 0.25) is 0 Å². The summed E-state index contributed by atoms with van der Waals surface area (Å²) in [7, 11) is 2.42. The van der Waals surface area contributed by atoms with Crippen molar-refractivity contribution in [1.29, 1.82) is 0 Å². The number of rotatable bonds is 3. The van der Waals surface area contributed by atoms with Crippen molar-refractivity contribution in [3.8, 4) is 0 Å². The van der Waals surface area contributed by atoms with Gasteiger partial charge in [0.25, 0.3) is 0 Å². The summed E-state index contributed by atoms with van der Waals surface area (Å²) in [6.45, 7) is 3.60. The fraction of sp³-hybridized carbons (Fsp3) is 1.00. The lowest BCUT2D eigenvalue weighted by molar-refractivity contribution is -0.949. The van der Waals surface area contributed by atoms with Crippen LogP contribution < -0.4 is 24.0 Å². The first-order valence-corrected chi connectivity index (χ1v) is 6.19. The van der Waals surface area contributed by atoms with Crippen LogP contribution in [0, 0.1) is 0 Å². The molecule has 2 fully saturated rings. The Balaban J connectivity index is 0.00000112. The van der Waals surface area contributed by atoms with Crippen LogP contribution in [-0.4, -0.2) is 41.4 Å². The van der Waals surface area contributed by atoms with E-state index in [2.05, 4.69) is 14.0 Å². The number of aliphatic hydroxyl groups is 1. The summed E-state index contributed by atoms with van der Waals surface area (Å²) in [5.41, 5.74) is 0. The second-order valence-corrected chi connectivity index (χ2v) is 5.43. The van der Waals surface area contributed by atoms with Gasteiger partial charge in [-0.3, -0.25) is 0 Å². The number of piperidine rings is 1. The van der Waals surface area contributed by atoms with E-state index in [0.717, 1.165) is 24.9 Å². The van der Waals surface area contributed by atoms with Gasteiger partial charge in [0.1, 0.15) is 0 Å². The van der Waals surface area contributed by atoms with Crippen molar-refractivity contribution in [3.63, 3.8) is 0 Å². The molecule has 0 radical (unpaired) electrons. The maximum Gasteiger partial charge on any atom is 0.0917 e. The van der Waals surface area contributed by atoms with E-state index in [1.807, 2.05) is 0 Å². The molecule has 2 atom stereocenters. The van der Waals surface area contributed by atoms with Crippen molar-refractivity contribution in [1.82, 2.24) is 0 Å². The molecule has 2 saturated heterocycles. The third kappa shape index (κ3) is 2.50. The Morgan fingerprint density at radius 2 is 1.73 bits per heavy atom. The minimum atomic E-state index is 0. The molecule has 0 saturated carbocycles. The summed E-state index contributed by atoms with van der Waals surface area (Å²) >= 11 is 0. The number of hydrogen-bond acceptors (Lipinski definition) is 1. The fourth-order valence-electron chi connectivity index (χ4n) is 3.58. The molecule has 0 aromatic heterocycles. The molecule has 15 heavy (non-hydrogen) atoms. The zero-order chi connectivity index (χ0) is 10.2. The van der Waals surface area contributed by atoms with Crippen molar-refractivity contribution < 1.29 is 33.6 Å². The topological polar surface area (TPSA) is 20.2 Å². The predicted molar refractivity (Wildman–Crippen MR) is 58.0 cm³/mol. The van der Waals surface area contributed by atoms with E-state index in [1.54, 1.807) is 0 Å². The molecule has 2 heterocycles. The van der Waals surface area contributed by atoms with Crippen LogP contribution in [0.2, 0.25) is 0 Å². The highest BCUT2D eigenvalue weighted by atomic mass is 127. The molecular weight excluding hydrogens is 301 g/mol. The first kappa shape index (κ1) is 13.7. The number of nitrogens with zero attached hydrogens (tertiary/aromatic N) is 1. The van der Waals surface area contributed by atoms with Crippen LogP contribution in [0.15, 0.2) is 0 Å². The first-order chi connectivity index (χ1) is 6.66. The minimum absolute atomic E-state index is 0. The maximum atomic E-state index is 9.74. The van der Waals surface area contributed by atoms with Crippen LogP contribution >= 0.6 is 0 Å². The number of aliphatic hydroxyl groups excluding tert-OH is 1. The van der Waals surface area contributed by atoms with Gasteiger partial charge >= 0.3 is 0 Å². The molecule has 2 aliphatic heterocycles. The molecule has 0 aliphatic carbocycles. The molecule has 2 rings (SSSR count). The molecule has 2 aliphatic rings. The quantitative estimate of drug-likeness (QED) is 0.517. The molecule has 0 aromatic rings. The lowest BCUT2D eigenvalue weighted by atomic mass is 9.96. The molecule has 2 bridgehead atoms. The largest absolute Gasteiger partial charge is 1.00 e. The van der Waals surface area contributed by atoms with Crippen molar-refractivity contribution >= 4 is 0 Å². The van der Waals surface area contributed by atoms with Gasteiger partial charge in [-0.2, -0.15) is 0 Å². The van der Waals surface area contributed by atoms with Gasteiger partial charge in [-0.25, -0.2) is 0 Å². The molecule has 3 heteroatoms. The van der Waals surface area contributed by atoms with Gasteiger partial charge in [0.05, 0.1) is 31.8 Å². The normalized spacial score (nSPS) is 43.8. The van der Waals surface area contributed by atoms with Gasteiger partial charge in [0, 0.05) is 25.7 Å². The smallest absolute Gasteiger partial charge is 0.0917 e.